The summed E-state index contributed by atoms with van der Waals surface area (Å²) >= 11 is 0. The quantitative estimate of drug-likeness (QED) is 0.930. The van der Waals surface area contributed by atoms with E-state index in [2.05, 4.69) is 4.98 Å². The zero-order chi connectivity index (χ0) is 17.3. The van der Waals surface area contributed by atoms with E-state index in [1.54, 1.807) is 0 Å². The Bertz CT molecular complexity index is 789. The number of pyridine rings is 1. The number of carboxylic acids is 1. The second-order valence-corrected chi connectivity index (χ2v) is 5.15. The molecule has 1 aromatic heterocycles. The Hall–Kier alpha value is -2.77. The molecule has 0 saturated carbocycles. The number of carbonyl (C=O) groups is 1. The maximum Gasteiger partial charge on any atom is 0.433 e. The van der Waals surface area contributed by atoms with Gasteiger partial charge >= 0.3 is 12.1 Å². The first-order valence-corrected chi connectivity index (χ1v) is 7.02. The third-order valence-corrected chi connectivity index (χ3v) is 3.47. The molecule has 0 bridgehead atoms. The van der Waals surface area contributed by atoms with Crippen molar-refractivity contribution in [2.45, 2.75) is 12.6 Å². The molecule has 0 fully saturated rings. The highest BCUT2D eigenvalue weighted by atomic mass is 19.4. The van der Waals surface area contributed by atoms with Crippen LogP contribution in [0.2, 0.25) is 0 Å². The predicted octanol–water partition coefficient (Wildman–Crippen LogP) is 3.17. The van der Waals surface area contributed by atoms with E-state index >= 15 is 0 Å². The average molecular weight is 339 g/mol. The van der Waals surface area contributed by atoms with E-state index in [0.29, 0.717) is 35.8 Å². The van der Waals surface area contributed by atoms with Crippen LogP contribution in [0.4, 0.5) is 13.2 Å². The number of benzene rings is 1. The number of nitrogens with zero attached hydrogens (tertiary/aromatic N) is 1. The lowest BCUT2D eigenvalue weighted by atomic mass is 9.96. The van der Waals surface area contributed by atoms with Gasteiger partial charge in [0.05, 0.1) is 6.42 Å². The monoisotopic (exact) mass is 339 g/mol. The van der Waals surface area contributed by atoms with Gasteiger partial charge in [-0.1, -0.05) is 0 Å². The van der Waals surface area contributed by atoms with Gasteiger partial charge in [-0.25, -0.2) is 0 Å². The van der Waals surface area contributed by atoms with Gasteiger partial charge in [-0.05, 0) is 41.0 Å². The van der Waals surface area contributed by atoms with Crippen LogP contribution in [0.15, 0.2) is 30.5 Å². The van der Waals surface area contributed by atoms with Crippen molar-refractivity contribution >= 4 is 5.97 Å². The van der Waals surface area contributed by atoms with Crippen molar-refractivity contribution in [3.8, 4) is 22.6 Å². The molecular weight excluding hydrogens is 327 g/mol. The predicted molar refractivity (Wildman–Crippen MR) is 77.0 cm³/mol. The van der Waals surface area contributed by atoms with Crippen molar-refractivity contribution in [3.05, 3.63) is 41.7 Å². The topological polar surface area (TPSA) is 68.7 Å². The fourth-order valence-electron chi connectivity index (χ4n) is 2.46. The van der Waals surface area contributed by atoms with Gasteiger partial charge in [-0.3, -0.25) is 9.78 Å². The number of rotatable bonds is 3. The molecule has 0 spiro atoms. The summed E-state index contributed by atoms with van der Waals surface area (Å²) in [5.74, 6) is -0.347. The standard InChI is InChI=1S/C16H12F3NO4/c17-16(18,19)14-6-9(1-2-20-14)11-8-13-12(23-3-4-24-13)5-10(11)7-15(21)22/h1-2,5-6,8H,3-4,7H2,(H,21,22). The van der Waals surface area contributed by atoms with Crippen molar-refractivity contribution < 1.29 is 32.5 Å². The van der Waals surface area contributed by atoms with E-state index < -0.39 is 17.8 Å². The molecule has 1 aliphatic heterocycles. The first kappa shape index (κ1) is 16.1. The summed E-state index contributed by atoms with van der Waals surface area (Å²) in [6.07, 6.45) is -3.90. The van der Waals surface area contributed by atoms with Crippen molar-refractivity contribution in [1.29, 1.82) is 0 Å². The highest BCUT2D eigenvalue weighted by Crippen LogP contribution is 2.39. The second kappa shape index (κ2) is 6.03. The fraction of sp³-hybridized carbons (Fsp3) is 0.250. The second-order valence-electron chi connectivity index (χ2n) is 5.15. The van der Waals surface area contributed by atoms with Gasteiger partial charge in [0, 0.05) is 6.20 Å². The number of aromatic nitrogens is 1. The molecule has 0 unspecified atom stereocenters. The molecule has 24 heavy (non-hydrogen) atoms. The van der Waals surface area contributed by atoms with Gasteiger partial charge in [-0.2, -0.15) is 13.2 Å². The van der Waals surface area contributed by atoms with Crippen LogP contribution in [0.25, 0.3) is 11.1 Å². The summed E-state index contributed by atoms with van der Waals surface area (Å²) in [6, 6.07) is 5.27. The number of hydrogen-bond acceptors (Lipinski definition) is 4. The molecule has 0 atom stereocenters. The molecule has 8 heteroatoms. The van der Waals surface area contributed by atoms with Crippen LogP contribution >= 0.6 is 0 Å². The fourth-order valence-corrected chi connectivity index (χ4v) is 2.46. The third-order valence-electron chi connectivity index (χ3n) is 3.47. The smallest absolute Gasteiger partial charge is 0.433 e. The number of carboxylic acid groups (broad SMARTS) is 1. The van der Waals surface area contributed by atoms with E-state index in [1.807, 2.05) is 0 Å². The van der Waals surface area contributed by atoms with Crippen molar-refractivity contribution in [2.24, 2.45) is 0 Å². The molecule has 0 aliphatic carbocycles. The molecule has 0 radical (unpaired) electrons. The number of fused-ring (bicyclic) bond motifs is 1. The van der Waals surface area contributed by atoms with E-state index in [-0.39, 0.29) is 12.0 Å². The molecule has 0 saturated heterocycles. The Labute approximate surface area is 134 Å². The summed E-state index contributed by atoms with van der Waals surface area (Å²) < 4.78 is 49.4. The molecule has 1 N–H and O–H groups in total. The van der Waals surface area contributed by atoms with Crippen molar-refractivity contribution in [1.82, 2.24) is 4.98 Å². The van der Waals surface area contributed by atoms with Gasteiger partial charge in [0.15, 0.2) is 11.5 Å². The minimum atomic E-state index is -4.59. The Morgan fingerprint density at radius 2 is 1.83 bits per heavy atom. The molecular formula is C16H12F3NO4. The Kier molecular flexibility index (Phi) is 4.04. The maximum absolute atomic E-state index is 12.9. The lowest BCUT2D eigenvalue weighted by molar-refractivity contribution is -0.141. The minimum absolute atomic E-state index is 0.213. The highest BCUT2D eigenvalue weighted by Gasteiger charge is 2.32. The Morgan fingerprint density at radius 3 is 2.46 bits per heavy atom. The Morgan fingerprint density at radius 1 is 1.17 bits per heavy atom. The van der Waals surface area contributed by atoms with Gasteiger partial charge in [0.2, 0.25) is 0 Å². The van der Waals surface area contributed by atoms with Crippen LogP contribution < -0.4 is 9.47 Å². The number of ether oxygens (including phenoxy) is 2. The summed E-state index contributed by atoms with van der Waals surface area (Å²) in [5, 5.41) is 9.06. The van der Waals surface area contributed by atoms with Gasteiger partial charge < -0.3 is 14.6 Å². The van der Waals surface area contributed by atoms with E-state index in [4.69, 9.17) is 14.6 Å². The van der Waals surface area contributed by atoms with Crippen LogP contribution in [-0.4, -0.2) is 29.3 Å². The summed E-state index contributed by atoms with van der Waals surface area (Å²) in [7, 11) is 0. The average Bonchev–Trinajstić information content (AvgIpc) is 2.53. The molecule has 126 valence electrons. The van der Waals surface area contributed by atoms with E-state index in [9.17, 15) is 18.0 Å². The summed E-state index contributed by atoms with van der Waals surface area (Å²) in [6.45, 7) is 0.640. The maximum atomic E-state index is 12.9. The molecule has 2 aromatic rings. The third kappa shape index (κ3) is 3.27. The summed E-state index contributed by atoms with van der Waals surface area (Å²) in [5.41, 5.74) is -0.151. The van der Waals surface area contributed by atoms with Crippen LogP contribution in [0.1, 0.15) is 11.3 Å². The lowest BCUT2D eigenvalue weighted by Crippen LogP contribution is -2.16. The lowest BCUT2D eigenvalue weighted by Gasteiger charge is -2.21. The molecule has 1 aliphatic rings. The SMILES string of the molecule is O=C(O)Cc1cc2c(cc1-c1ccnc(C(F)(F)F)c1)OCCO2. The van der Waals surface area contributed by atoms with Crippen LogP contribution in [0, 0.1) is 0 Å². The van der Waals surface area contributed by atoms with Crippen LogP contribution in [-0.2, 0) is 17.4 Å². The molecule has 3 rings (SSSR count). The van der Waals surface area contributed by atoms with Crippen molar-refractivity contribution in [2.75, 3.05) is 13.2 Å². The highest BCUT2D eigenvalue weighted by molar-refractivity contribution is 5.78. The number of halogens is 3. The van der Waals surface area contributed by atoms with E-state index in [0.717, 1.165) is 12.3 Å². The van der Waals surface area contributed by atoms with Crippen LogP contribution in [0.3, 0.4) is 0 Å². The largest absolute Gasteiger partial charge is 0.486 e. The molecule has 5 nitrogen and oxygen atoms in total. The number of alkyl halides is 3. The molecule has 1 aromatic carbocycles. The minimum Gasteiger partial charge on any atom is -0.486 e. The Balaban J connectivity index is 2.13. The first-order valence-electron chi connectivity index (χ1n) is 7.02. The molecule has 2 heterocycles. The molecule has 0 amide bonds. The van der Waals surface area contributed by atoms with Crippen LogP contribution in [0.5, 0.6) is 11.5 Å². The normalized spacial score (nSPS) is 13.6. The first-order chi connectivity index (χ1) is 11.3. The zero-order valence-electron chi connectivity index (χ0n) is 12.3. The van der Waals surface area contributed by atoms with E-state index in [1.165, 1.54) is 18.2 Å². The van der Waals surface area contributed by atoms with Gasteiger partial charge in [0.1, 0.15) is 18.9 Å². The number of aliphatic carboxylic acids is 1. The van der Waals surface area contributed by atoms with Gasteiger partial charge in [0.25, 0.3) is 0 Å². The summed E-state index contributed by atoms with van der Waals surface area (Å²) in [4.78, 5) is 14.4. The zero-order valence-corrected chi connectivity index (χ0v) is 12.3. The number of hydrogen-bond donors (Lipinski definition) is 1. The van der Waals surface area contributed by atoms with Gasteiger partial charge in [-0.15, -0.1) is 0 Å². The van der Waals surface area contributed by atoms with Crippen molar-refractivity contribution in [3.63, 3.8) is 0 Å².